The number of benzene rings is 3. The molecule has 3 rings (SSSR count). The Kier molecular flexibility index (Phi) is 5.65. The van der Waals surface area contributed by atoms with Crippen LogP contribution in [0, 0.1) is 13.8 Å². The summed E-state index contributed by atoms with van der Waals surface area (Å²) in [7, 11) is 0. The zero-order chi connectivity index (χ0) is 20.6. The van der Waals surface area contributed by atoms with Crippen LogP contribution in [0.5, 0.6) is 0 Å². The third-order valence-corrected chi connectivity index (χ3v) is 5.14. The van der Waals surface area contributed by atoms with Crippen LogP contribution in [0.25, 0.3) is 21.9 Å². The Bertz CT molecular complexity index is 1030. The number of rotatable bonds is 4. The summed E-state index contributed by atoms with van der Waals surface area (Å²) in [4.78, 5) is 12.7. The number of ether oxygens (including phenoxy) is 1. The molecule has 0 amide bonds. The van der Waals surface area contributed by atoms with Crippen LogP contribution in [0.1, 0.15) is 50.5 Å². The van der Waals surface area contributed by atoms with Gasteiger partial charge in [0.25, 0.3) is 0 Å². The van der Waals surface area contributed by atoms with E-state index in [1.54, 1.807) is 6.92 Å². The lowest BCUT2D eigenvalue weighted by molar-refractivity contribution is -0.138. The highest BCUT2D eigenvalue weighted by Crippen LogP contribution is 2.41. The van der Waals surface area contributed by atoms with E-state index in [0.29, 0.717) is 5.02 Å². The number of hydrogen-bond donors (Lipinski definition) is 0. The lowest BCUT2D eigenvalue weighted by Gasteiger charge is -2.29. The molecule has 0 saturated carbocycles. The van der Waals surface area contributed by atoms with Gasteiger partial charge in [0.2, 0.25) is 0 Å². The van der Waals surface area contributed by atoms with Crippen molar-refractivity contribution in [3.8, 4) is 11.1 Å². The molecule has 3 heteroatoms. The van der Waals surface area contributed by atoms with Gasteiger partial charge < -0.3 is 4.74 Å². The molecule has 0 aliphatic rings. The van der Waals surface area contributed by atoms with Crippen LogP contribution < -0.4 is 0 Å². The maximum atomic E-state index is 12.7. The predicted octanol–water partition coefficient (Wildman–Crippen LogP) is 7.22. The Labute approximate surface area is 172 Å². The van der Waals surface area contributed by atoms with E-state index in [-0.39, 0.29) is 5.78 Å². The van der Waals surface area contributed by atoms with Gasteiger partial charge in [-0.05, 0) is 92.3 Å². The molecule has 0 fully saturated rings. The third kappa shape index (κ3) is 4.14. The van der Waals surface area contributed by atoms with E-state index in [2.05, 4.69) is 38.1 Å². The number of Topliss-reactive ketones (excluding diaryl/α,β-unsaturated/α-hetero) is 1. The van der Waals surface area contributed by atoms with Gasteiger partial charge in [0.15, 0.2) is 5.78 Å². The fourth-order valence-corrected chi connectivity index (χ4v) is 3.82. The largest absolute Gasteiger partial charge is 0.360 e. The molecule has 0 spiro atoms. The van der Waals surface area contributed by atoms with Crippen LogP contribution >= 0.6 is 11.6 Å². The van der Waals surface area contributed by atoms with Crippen molar-refractivity contribution in [2.75, 3.05) is 0 Å². The minimum atomic E-state index is -0.629. The van der Waals surface area contributed by atoms with Crippen LogP contribution in [0.15, 0.2) is 48.5 Å². The van der Waals surface area contributed by atoms with E-state index in [1.165, 1.54) is 10.9 Å². The maximum absolute atomic E-state index is 12.7. The molecule has 0 aromatic heterocycles. The Balaban J connectivity index is 2.41. The average molecular weight is 395 g/mol. The van der Waals surface area contributed by atoms with Crippen LogP contribution in [-0.2, 0) is 9.53 Å². The lowest BCUT2D eigenvalue weighted by Crippen LogP contribution is -2.27. The van der Waals surface area contributed by atoms with Gasteiger partial charge in [0, 0.05) is 5.02 Å². The van der Waals surface area contributed by atoms with Crippen molar-refractivity contribution >= 4 is 28.2 Å². The van der Waals surface area contributed by atoms with Gasteiger partial charge >= 0.3 is 0 Å². The molecule has 28 heavy (non-hydrogen) atoms. The lowest BCUT2D eigenvalue weighted by atomic mass is 9.85. The molecule has 146 valence electrons. The van der Waals surface area contributed by atoms with E-state index in [9.17, 15) is 4.79 Å². The standard InChI is InChI=1S/C25H27ClO2/c1-15-8-7-9-20-21(15)14-16(2)22(24(17(3)27)28-25(4,5)6)23(20)18-10-12-19(26)13-11-18/h7-14,24H,1-6H3. The minimum absolute atomic E-state index is 0.000224. The van der Waals surface area contributed by atoms with Crippen molar-refractivity contribution in [1.29, 1.82) is 0 Å². The van der Waals surface area contributed by atoms with Gasteiger partial charge in [0.05, 0.1) is 5.60 Å². The first kappa shape index (κ1) is 20.6. The second-order valence-electron chi connectivity index (χ2n) is 8.38. The monoisotopic (exact) mass is 394 g/mol. The normalized spacial score (nSPS) is 13.0. The second kappa shape index (κ2) is 7.69. The number of halogens is 1. The maximum Gasteiger partial charge on any atom is 0.163 e. The SMILES string of the molecule is CC(=O)C(OC(C)(C)C)c1c(C)cc2c(C)cccc2c1-c1ccc(Cl)cc1. The van der Waals surface area contributed by atoms with Crippen molar-refractivity contribution < 1.29 is 9.53 Å². The summed E-state index contributed by atoms with van der Waals surface area (Å²) >= 11 is 6.13. The number of aryl methyl sites for hydroxylation is 2. The molecule has 0 heterocycles. The molecule has 3 aromatic rings. The first-order valence-corrected chi connectivity index (χ1v) is 9.93. The Morgan fingerprint density at radius 1 is 0.964 bits per heavy atom. The van der Waals surface area contributed by atoms with Crippen LogP contribution in [-0.4, -0.2) is 11.4 Å². The number of fused-ring (bicyclic) bond motifs is 1. The number of carbonyl (C=O) groups excluding carboxylic acids is 1. The molecule has 0 N–H and O–H groups in total. The molecule has 0 bridgehead atoms. The third-order valence-electron chi connectivity index (χ3n) is 4.88. The predicted molar refractivity (Wildman–Crippen MR) is 118 cm³/mol. The summed E-state index contributed by atoms with van der Waals surface area (Å²) in [5.41, 5.74) is 4.82. The van der Waals surface area contributed by atoms with Gasteiger partial charge in [-0.1, -0.05) is 48.0 Å². The summed E-state index contributed by atoms with van der Waals surface area (Å²) in [5.74, 6) is 0.000224. The number of hydrogen-bond acceptors (Lipinski definition) is 2. The molecular weight excluding hydrogens is 368 g/mol. The number of ketones is 1. The van der Waals surface area contributed by atoms with Crippen molar-refractivity contribution in [3.05, 3.63) is 70.2 Å². The average Bonchev–Trinajstić information content (AvgIpc) is 2.60. The molecule has 0 aliphatic heterocycles. The van der Waals surface area contributed by atoms with Gasteiger partial charge in [-0.15, -0.1) is 0 Å². The zero-order valence-electron chi connectivity index (χ0n) is 17.4. The smallest absolute Gasteiger partial charge is 0.163 e. The highest BCUT2D eigenvalue weighted by atomic mass is 35.5. The van der Waals surface area contributed by atoms with E-state index in [4.69, 9.17) is 16.3 Å². The minimum Gasteiger partial charge on any atom is -0.360 e. The van der Waals surface area contributed by atoms with E-state index < -0.39 is 11.7 Å². The van der Waals surface area contributed by atoms with Crippen LogP contribution in [0.4, 0.5) is 0 Å². The summed E-state index contributed by atoms with van der Waals surface area (Å²) in [6.07, 6.45) is -0.629. The van der Waals surface area contributed by atoms with Gasteiger partial charge in [-0.3, -0.25) is 4.79 Å². The highest BCUT2D eigenvalue weighted by Gasteiger charge is 2.29. The summed E-state index contributed by atoms with van der Waals surface area (Å²) in [6, 6.07) is 16.2. The second-order valence-corrected chi connectivity index (χ2v) is 8.82. The molecular formula is C25H27ClO2. The van der Waals surface area contributed by atoms with Gasteiger partial charge in [-0.25, -0.2) is 0 Å². The fraction of sp³-hybridized carbons (Fsp3) is 0.320. The zero-order valence-corrected chi connectivity index (χ0v) is 18.1. The Morgan fingerprint density at radius 2 is 1.61 bits per heavy atom. The summed E-state index contributed by atoms with van der Waals surface area (Å²) in [5, 5.41) is 2.99. The molecule has 0 radical (unpaired) electrons. The van der Waals surface area contributed by atoms with Gasteiger partial charge in [0.1, 0.15) is 6.10 Å². The van der Waals surface area contributed by atoms with Crippen molar-refractivity contribution in [2.45, 2.75) is 53.2 Å². The highest BCUT2D eigenvalue weighted by molar-refractivity contribution is 6.30. The van der Waals surface area contributed by atoms with Crippen molar-refractivity contribution in [2.24, 2.45) is 0 Å². The Morgan fingerprint density at radius 3 is 2.18 bits per heavy atom. The Hall–Kier alpha value is -2.16. The first-order chi connectivity index (χ1) is 13.1. The summed E-state index contributed by atoms with van der Waals surface area (Å²) in [6.45, 7) is 11.7. The summed E-state index contributed by atoms with van der Waals surface area (Å²) < 4.78 is 6.26. The topological polar surface area (TPSA) is 26.3 Å². The van der Waals surface area contributed by atoms with E-state index in [1.807, 2.05) is 45.0 Å². The van der Waals surface area contributed by atoms with Crippen molar-refractivity contribution in [1.82, 2.24) is 0 Å². The molecule has 1 atom stereocenters. The van der Waals surface area contributed by atoms with E-state index in [0.717, 1.165) is 27.6 Å². The van der Waals surface area contributed by atoms with E-state index >= 15 is 0 Å². The molecule has 0 saturated heterocycles. The van der Waals surface area contributed by atoms with Crippen LogP contribution in [0.3, 0.4) is 0 Å². The molecule has 0 aliphatic carbocycles. The molecule has 1 unspecified atom stereocenters. The van der Waals surface area contributed by atoms with Gasteiger partial charge in [-0.2, -0.15) is 0 Å². The van der Waals surface area contributed by atoms with Crippen molar-refractivity contribution in [3.63, 3.8) is 0 Å². The molecule has 2 nitrogen and oxygen atoms in total. The number of carbonyl (C=O) groups is 1. The quantitative estimate of drug-likeness (QED) is 0.466. The molecule has 3 aromatic carbocycles. The fourth-order valence-electron chi connectivity index (χ4n) is 3.69. The first-order valence-electron chi connectivity index (χ1n) is 9.55. The van der Waals surface area contributed by atoms with Crippen LogP contribution in [0.2, 0.25) is 5.02 Å².